The van der Waals surface area contributed by atoms with E-state index in [9.17, 15) is 22.8 Å². The van der Waals surface area contributed by atoms with Gasteiger partial charge >= 0.3 is 6.18 Å². The monoisotopic (exact) mass is 550 g/mol. The van der Waals surface area contributed by atoms with E-state index < -0.39 is 23.2 Å². The van der Waals surface area contributed by atoms with Crippen molar-refractivity contribution in [2.75, 3.05) is 13.2 Å². The van der Waals surface area contributed by atoms with Crippen LogP contribution in [-0.2, 0) is 17.4 Å². The van der Waals surface area contributed by atoms with Crippen LogP contribution in [0, 0.1) is 0 Å². The lowest BCUT2D eigenvalue weighted by Crippen LogP contribution is -2.21. The molecule has 0 atom stereocenters. The number of allylic oxidation sites excluding steroid dienone is 1. The molecule has 0 aliphatic carbocycles. The highest BCUT2D eigenvalue weighted by atomic mass is 19.4. The van der Waals surface area contributed by atoms with Crippen LogP contribution in [0.4, 0.5) is 13.2 Å². The predicted molar refractivity (Wildman–Crippen MR) is 146 cm³/mol. The summed E-state index contributed by atoms with van der Waals surface area (Å²) in [6.07, 6.45) is -1.24. The van der Waals surface area contributed by atoms with Crippen molar-refractivity contribution in [3.05, 3.63) is 100 Å². The number of nitrogens with zero attached hydrogens (tertiary/aromatic N) is 3. The van der Waals surface area contributed by atoms with Crippen molar-refractivity contribution in [2.24, 2.45) is 10.8 Å². The third-order valence-corrected chi connectivity index (χ3v) is 5.70. The van der Waals surface area contributed by atoms with Crippen molar-refractivity contribution < 1.29 is 27.4 Å². The van der Waals surface area contributed by atoms with E-state index >= 15 is 0 Å². The molecule has 40 heavy (non-hydrogen) atoms. The van der Waals surface area contributed by atoms with Crippen LogP contribution in [0.1, 0.15) is 23.6 Å². The molecule has 0 bridgehead atoms. The highest BCUT2D eigenvalue weighted by Crippen LogP contribution is 2.34. The second kappa shape index (κ2) is 11.9. The third kappa shape index (κ3) is 6.20. The number of hydrogen-bond donors (Lipinski definition) is 1. The van der Waals surface area contributed by atoms with E-state index in [0.29, 0.717) is 34.6 Å². The van der Waals surface area contributed by atoms with E-state index in [-0.39, 0.29) is 30.0 Å². The predicted octanol–water partition coefficient (Wildman–Crippen LogP) is 4.96. The van der Waals surface area contributed by atoms with Crippen LogP contribution in [0.25, 0.3) is 22.3 Å². The number of hydrogen-bond acceptors (Lipinski definition) is 6. The van der Waals surface area contributed by atoms with E-state index in [0.717, 1.165) is 16.8 Å². The van der Waals surface area contributed by atoms with Crippen molar-refractivity contribution in [1.82, 2.24) is 9.66 Å². The molecule has 0 unspecified atom stereocenters. The zero-order chi connectivity index (χ0) is 28.9. The second-order valence-corrected chi connectivity index (χ2v) is 8.58. The van der Waals surface area contributed by atoms with Crippen LogP contribution in [0.2, 0.25) is 0 Å². The van der Waals surface area contributed by atoms with Gasteiger partial charge in [0.2, 0.25) is 0 Å². The molecule has 4 rings (SSSR count). The maximum atomic E-state index is 13.5. The molecule has 0 radical (unpaired) electrons. The summed E-state index contributed by atoms with van der Waals surface area (Å²) in [6, 6.07) is 14.3. The Bertz CT molecular complexity index is 1660. The van der Waals surface area contributed by atoms with Crippen molar-refractivity contribution in [2.45, 2.75) is 19.5 Å². The number of para-hydroxylation sites is 1. The number of nitrogens with two attached hydrogens (primary N) is 1. The fourth-order valence-corrected chi connectivity index (χ4v) is 4.01. The first-order valence-electron chi connectivity index (χ1n) is 12.2. The first-order chi connectivity index (χ1) is 19.1. The van der Waals surface area contributed by atoms with Crippen LogP contribution in [0.5, 0.6) is 11.5 Å². The standard InChI is InChI=1S/C29H25F3N4O4/c1-3-8-19-13-18(14-24(39-4-2)26(19)40-17-25(33)37)16-34-36-27(20-9-7-10-21(15-20)29(30,31)32)35-23-12-6-5-11-22(23)28(36)38/h3,5-7,9-16H,1,4,8,17H2,2H3,(H2,33,37). The summed E-state index contributed by atoms with van der Waals surface area (Å²) in [7, 11) is 0. The van der Waals surface area contributed by atoms with Gasteiger partial charge in [0.15, 0.2) is 23.9 Å². The number of halogens is 3. The Labute approximate surface area is 227 Å². The van der Waals surface area contributed by atoms with E-state index in [1.54, 1.807) is 49.4 Å². The van der Waals surface area contributed by atoms with Gasteiger partial charge in [0.25, 0.3) is 11.5 Å². The molecule has 11 heteroatoms. The number of ether oxygens (including phenoxy) is 2. The SMILES string of the molecule is C=CCc1cc(C=Nn2c(-c3cccc(C(F)(F)F)c3)nc3ccccc3c2=O)cc(OCC)c1OCC(N)=O. The first-order valence-corrected chi connectivity index (χ1v) is 12.2. The molecule has 2 N–H and O–H groups in total. The van der Waals surface area contributed by atoms with Crippen LogP contribution in [0.15, 0.2) is 83.2 Å². The van der Waals surface area contributed by atoms with Gasteiger partial charge in [-0.1, -0.05) is 30.3 Å². The van der Waals surface area contributed by atoms with Gasteiger partial charge in [0.05, 0.1) is 29.3 Å². The van der Waals surface area contributed by atoms with Gasteiger partial charge in [0, 0.05) is 11.1 Å². The summed E-state index contributed by atoms with van der Waals surface area (Å²) in [5, 5.41) is 4.58. The first kappa shape index (κ1) is 28.1. The van der Waals surface area contributed by atoms with Crippen molar-refractivity contribution in [3.8, 4) is 22.9 Å². The Morgan fingerprint density at radius 1 is 1.12 bits per heavy atom. The number of alkyl halides is 3. The molecule has 0 fully saturated rings. The van der Waals surface area contributed by atoms with Gasteiger partial charge < -0.3 is 15.2 Å². The number of benzene rings is 3. The number of fused-ring (bicyclic) bond motifs is 1. The van der Waals surface area contributed by atoms with Crippen LogP contribution in [0.3, 0.4) is 0 Å². The highest BCUT2D eigenvalue weighted by molar-refractivity contribution is 5.83. The molecule has 0 aliphatic heterocycles. The topological polar surface area (TPSA) is 109 Å². The molecule has 0 saturated carbocycles. The molecule has 206 valence electrons. The third-order valence-electron chi connectivity index (χ3n) is 5.70. The number of primary amides is 1. The molecule has 0 spiro atoms. The maximum Gasteiger partial charge on any atom is 0.416 e. The Morgan fingerprint density at radius 3 is 2.60 bits per heavy atom. The zero-order valence-electron chi connectivity index (χ0n) is 21.4. The second-order valence-electron chi connectivity index (χ2n) is 8.58. The molecule has 0 saturated heterocycles. The van der Waals surface area contributed by atoms with E-state index in [2.05, 4.69) is 16.7 Å². The van der Waals surface area contributed by atoms with Crippen LogP contribution >= 0.6 is 0 Å². The summed E-state index contributed by atoms with van der Waals surface area (Å²) in [6.45, 7) is 5.44. The largest absolute Gasteiger partial charge is 0.490 e. The summed E-state index contributed by atoms with van der Waals surface area (Å²) in [5.74, 6) is -0.106. The summed E-state index contributed by atoms with van der Waals surface area (Å²) in [5.41, 5.74) is 5.27. The van der Waals surface area contributed by atoms with Crippen molar-refractivity contribution >= 4 is 23.0 Å². The van der Waals surface area contributed by atoms with Gasteiger partial charge in [-0.2, -0.15) is 22.9 Å². The maximum absolute atomic E-state index is 13.5. The Morgan fingerprint density at radius 2 is 1.90 bits per heavy atom. The molecular formula is C29H25F3N4O4. The Kier molecular flexibility index (Phi) is 8.32. The van der Waals surface area contributed by atoms with Gasteiger partial charge in [-0.3, -0.25) is 9.59 Å². The fraction of sp³-hybridized carbons (Fsp3) is 0.172. The van der Waals surface area contributed by atoms with Gasteiger partial charge in [-0.05, 0) is 55.3 Å². The zero-order valence-corrected chi connectivity index (χ0v) is 21.4. The molecular weight excluding hydrogens is 525 g/mol. The minimum Gasteiger partial charge on any atom is -0.490 e. The number of aromatic nitrogens is 2. The van der Waals surface area contributed by atoms with Crippen LogP contribution < -0.4 is 20.8 Å². The Balaban J connectivity index is 1.88. The van der Waals surface area contributed by atoms with Gasteiger partial charge in [-0.15, -0.1) is 6.58 Å². The van der Waals surface area contributed by atoms with Crippen molar-refractivity contribution in [3.63, 3.8) is 0 Å². The molecule has 3 aromatic carbocycles. The number of amides is 1. The number of carbonyl (C=O) groups is 1. The summed E-state index contributed by atoms with van der Waals surface area (Å²) >= 11 is 0. The quantitative estimate of drug-likeness (QED) is 0.222. The molecule has 4 aromatic rings. The summed E-state index contributed by atoms with van der Waals surface area (Å²) < 4.78 is 52.6. The molecule has 8 nitrogen and oxygen atoms in total. The molecule has 1 aromatic heterocycles. The fourth-order valence-electron chi connectivity index (χ4n) is 4.01. The minimum absolute atomic E-state index is 0.0624. The van der Waals surface area contributed by atoms with E-state index in [1.807, 2.05) is 0 Å². The average molecular weight is 551 g/mol. The normalized spacial score (nSPS) is 11.6. The van der Waals surface area contributed by atoms with E-state index in [4.69, 9.17) is 15.2 Å². The molecule has 0 aliphatic rings. The molecule has 1 heterocycles. The minimum atomic E-state index is -4.59. The molecule has 1 amide bonds. The number of carbonyl (C=O) groups excluding carboxylic acids is 1. The van der Waals surface area contributed by atoms with Gasteiger partial charge in [0.1, 0.15) is 0 Å². The van der Waals surface area contributed by atoms with Gasteiger partial charge in [-0.25, -0.2) is 4.98 Å². The Hall–Kier alpha value is -4.93. The lowest BCUT2D eigenvalue weighted by Gasteiger charge is -2.16. The summed E-state index contributed by atoms with van der Waals surface area (Å²) in [4.78, 5) is 29.2. The average Bonchev–Trinajstić information content (AvgIpc) is 2.92. The highest BCUT2D eigenvalue weighted by Gasteiger charge is 2.31. The van der Waals surface area contributed by atoms with E-state index in [1.165, 1.54) is 18.3 Å². The van der Waals surface area contributed by atoms with Crippen LogP contribution in [-0.4, -0.2) is 35.0 Å². The smallest absolute Gasteiger partial charge is 0.416 e. The number of rotatable bonds is 10. The lowest BCUT2D eigenvalue weighted by molar-refractivity contribution is -0.137. The lowest BCUT2D eigenvalue weighted by atomic mass is 10.1. The van der Waals surface area contributed by atoms with Crippen molar-refractivity contribution in [1.29, 1.82) is 0 Å².